The molecule has 0 aromatic heterocycles. The van der Waals surface area contributed by atoms with Crippen LogP contribution in [0.1, 0.15) is 36.5 Å². The molecule has 10 aromatic carbocycles. The molecule has 0 N–H and O–H groups in total. The number of benzene rings is 10. The molecule has 0 amide bonds. The van der Waals surface area contributed by atoms with Gasteiger partial charge in [-0.1, -0.05) is 194 Å². The van der Waals surface area contributed by atoms with Gasteiger partial charge >= 0.3 is 0 Å². The van der Waals surface area contributed by atoms with Crippen LogP contribution in [0, 0.1) is 0 Å². The topological polar surface area (TPSA) is 24.7 Å². The number of allylic oxidation sites excluding steroid dienone is 1. The van der Waals surface area contributed by atoms with Crippen molar-refractivity contribution in [2.75, 3.05) is 0 Å². The molecular formula is C57H40N2. The van der Waals surface area contributed by atoms with E-state index < -0.39 is 0 Å². The van der Waals surface area contributed by atoms with Crippen LogP contribution < -0.4 is 0 Å². The van der Waals surface area contributed by atoms with Gasteiger partial charge < -0.3 is 0 Å². The van der Waals surface area contributed by atoms with Gasteiger partial charge in [0, 0.05) is 11.1 Å². The Morgan fingerprint density at radius 2 is 0.695 bits per heavy atom. The summed E-state index contributed by atoms with van der Waals surface area (Å²) in [6, 6.07) is 72.3. The molecule has 278 valence electrons. The zero-order chi connectivity index (χ0) is 39.3. The van der Waals surface area contributed by atoms with E-state index in [2.05, 4.69) is 207 Å². The molecule has 0 saturated heterocycles. The number of hydrogen-bond acceptors (Lipinski definition) is 2. The van der Waals surface area contributed by atoms with E-state index in [1.807, 2.05) is 0 Å². The second-order valence-corrected chi connectivity index (χ2v) is 15.7. The van der Waals surface area contributed by atoms with Crippen LogP contribution in [-0.4, -0.2) is 11.5 Å². The number of rotatable bonds is 5. The smallest absolute Gasteiger partial charge is 0.160 e. The first-order valence-electron chi connectivity index (χ1n) is 20.5. The van der Waals surface area contributed by atoms with Crippen molar-refractivity contribution in [2.24, 2.45) is 9.98 Å². The molecule has 59 heavy (non-hydrogen) atoms. The first kappa shape index (κ1) is 34.8. The minimum absolute atomic E-state index is 0.724. The highest BCUT2D eigenvalue weighted by atomic mass is 14.9. The van der Waals surface area contributed by atoms with E-state index in [0.29, 0.717) is 0 Å². The van der Waals surface area contributed by atoms with Gasteiger partial charge in [0.1, 0.15) is 0 Å². The summed E-state index contributed by atoms with van der Waals surface area (Å²) in [5.41, 5.74) is 11.3. The fraction of sp³-hybridized carbons (Fsp3) is 0.0526. The second-order valence-electron chi connectivity index (χ2n) is 15.7. The molecule has 0 radical (unpaired) electrons. The maximum absolute atomic E-state index is 5.55. The summed E-state index contributed by atoms with van der Waals surface area (Å²) in [7, 11) is 0. The molecule has 0 bridgehead atoms. The van der Waals surface area contributed by atoms with Crippen LogP contribution in [0.3, 0.4) is 0 Å². The lowest BCUT2D eigenvalue weighted by molar-refractivity contribution is 1.00. The fourth-order valence-electron chi connectivity index (χ4n) is 9.18. The van der Waals surface area contributed by atoms with Gasteiger partial charge in [0.05, 0.1) is 11.4 Å². The van der Waals surface area contributed by atoms with Crippen LogP contribution in [-0.2, 0) is 0 Å². The molecule has 0 saturated carbocycles. The Bertz CT molecular complexity index is 3340. The van der Waals surface area contributed by atoms with Gasteiger partial charge in [0.25, 0.3) is 0 Å². The van der Waals surface area contributed by atoms with Crippen LogP contribution in [0.5, 0.6) is 0 Å². The van der Waals surface area contributed by atoms with Crippen molar-refractivity contribution < 1.29 is 0 Å². The number of aliphatic imine (C=N–C) groups is 2. The average molecular weight is 753 g/mol. The van der Waals surface area contributed by atoms with Crippen molar-refractivity contribution in [3.05, 3.63) is 222 Å². The van der Waals surface area contributed by atoms with E-state index in [4.69, 9.17) is 9.98 Å². The van der Waals surface area contributed by atoms with Crippen LogP contribution in [0.4, 0.5) is 0 Å². The van der Waals surface area contributed by atoms with Crippen LogP contribution >= 0.6 is 0 Å². The highest BCUT2D eigenvalue weighted by Crippen LogP contribution is 2.44. The average Bonchev–Trinajstić information content (AvgIpc) is 3.31. The summed E-state index contributed by atoms with van der Waals surface area (Å²) in [5, 5.41) is 12.8. The number of nitrogens with zero attached hydrogens (tertiary/aromatic N) is 2. The Labute approximate surface area is 344 Å². The molecule has 2 heteroatoms. The Balaban J connectivity index is 1.10. The summed E-state index contributed by atoms with van der Waals surface area (Å²) in [6.45, 7) is 2.25. The first-order chi connectivity index (χ1) is 29.2. The van der Waals surface area contributed by atoms with Crippen LogP contribution in [0.2, 0.25) is 0 Å². The van der Waals surface area contributed by atoms with Gasteiger partial charge in [0.2, 0.25) is 0 Å². The molecule has 1 heterocycles. The van der Waals surface area contributed by atoms with Gasteiger partial charge in [-0.05, 0) is 113 Å². The lowest BCUT2D eigenvalue weighted by Gasteiger charge is -2.19. The zero-order valence-electron chi connectivity index (χ0n) is 32.9. The van der Waals surface area contributed by atoms with E-state index in [9.17, 15) is 0 Å². The molecule has 0 unspecified atom stereocenters. The molecule has 10 aromatic rings. The second kappa shape index (κ2) is 14.5. The molecule has 0 atom stereocenters. The van der Waals surface area contributed by atoms with Crippen molar-refractivity contribution >= 4 is 71.1 Å². The molecule has 1 aliphatic rings. The maximum Gasteiger partial charge on any atom is 0.160 e. The Morgan fingerprint density at radius 3 is 1.22 bits per heavy atom. The van der Waals surface area contributed by atoms with Crippen LogP contribution in [0.15, 0.2) is 216 Å². The third-order valence-corrected chi connectivity index (χ3v) is 12.2. The fourth-order valence-corrected chi connectivity index (χ4v) is 9.18. The quantitative estimate of drug-likeness (QED) is 0.156. The lowest BCUT2D eigenvalue weighted by atomic mass is 9.86. The number of amidine groups is 1. The minimum atomic E-state index is 0.724. The molecule has 11 rings (SSSR count). The zero-order valence-corrected chi connectivity index (χ0v) is 32.9. The highest BCUT2D eigenvalue weighted by Gasteiger charge is 2.20. The molecule has 1 aliphatic heterocycles. The Morgan fingerprint density at radius 1 is 0.305 bits per heavy atom. The molecular weight excluding hydrogens is 713 g/mol. The van der Waals surface area contributed by atoms with Gasteiger partial charge in [-0.25, -0.2) is 9.98 Å². The monoisotopic (exact) mass is 752 g/mol. The van der Waals surface area contributed by atoms with E-state index in [1.54, 1.807) is 0 Å². The first-order valence-corrected chi connectivity index (χ1v) is 20.5. The third-order valence-electron chi connectivity index (χ3n) is 12.2. The minimum Gasteiger partial charge on any atom is -0.232 e. The summed E-state index contributed by atoms with van der Waals surface area (Å²) < 4.78 is 0. The van der Waals surface area contributed by atoms with Crippen LogP contribution in [0.25, 0.3) is 81.8 Å². The lowest BCUT2D eigenvalue weighted by Crippen LogP contribution is -2.10. The van der Waals surface area contributed by atoms with E-state index in [1.165, 1.54) is 81.7 Å². The van der Waals surface area contributed by atoms with Crippen molar-refractivity contribution in [1.82, 2.24) is 0 Å². The summed E-state index contributed by atoms with van der Waals surface area (Å²) in [5.74, 6) is 0.724. The number of hydrogen-bond donors (Lipinski definition) is 0. The van der Waals surface area contributed by atoms with Crippen molar-refractivity contribution in [2.45, 2.75) is 19.8 Å². The largest absolute Gasteiger partial charge is 0.232 e. The summed E-state index contributed by atoms with van der Waals surface area (Å²) in [6.07, 6.45) is 1.66. The predicted molar refractivity (Wildman–Crippen MR) is 253 cm³/mol. The normalized spacial score (nSPS) is 16.5. The van der Waals surface area contributed by atoms with E-state index in [-0.39, 0.29) is 0 Å². The van der Waals surface area contributed by atoms with Gasteiger partial charge in [0.15, 0.2) is 5.84 Å². The summed E-state index contributed by atoms with van der Waals surface area (Å²) >= 11 is 0. The van der Waals surface area contributed by atoms with Crippen molar-refractivity contribution in [3.8, 4) is 22.3 Å². The van der Waals surface area contributed by atoms with E-state index >= 15 is 0 Å². The Kier molecular flexibility index (Phi) is 8.56. The molecule has 0 fully saturated rings. The van der Waals surface area contributed by atoms with Gasteiger partial charge in [-0.2, -0.15) is 0 Å². The number of fused-ring (bicyclic) bond motifs is 11. The molecule has 0 aliphatic carbocycles. The highest BCUT2D eigenvalue weighted by molar-refractivity contribution is 6.39. The molecule has 0 spiro atoms. The summed E-state index contributed by atoms with van der Waals surface area (Å²) in [4.78, 5) is 11.0. The Hall–Kier alpha value is -7.42. The third kappa shape index (κ3) is 6.13. The van der Waals surface area contributed by atoms with Gasteiger partial charge in [-0.15, -0.1) is 0 Å². The van der Waals surface area contributed by atoms with Gasteiger partial charge in [-0.3, -0.25) is 0 Å². The SMILES string of the molecule is C\C1=C(c2ccc3c(c2)c2ccccc2c2c4ccccc4c4ccccc4c32)/N=C(c2ccc(-c3ccccc3)cc2)\N=C(\c2ccc(-c3ccccc3)cc2)CC1. The standard InChI is InChI=1S/C57H40N2/c1-37-24-35-53(42-29-25-40(26-30-42)38-14-4-2-5-15-38)58-57(43-31-27-41(28-32-43)39-16-6-3-7-17-39)59-56(37)44-33-34-51-52(36-44)47-20-10-13-23-50(47)54-48-21-11-8-18-45(48)46-19-9-12-22-49(46)55(51)54/h2-23,25-34,36H,24,35H2,1H3/b56-37+,58-53+,59-57-. The molecule has 2 nitrogen and oxygen atoms in total. The van der Waals surface area contributed by atoms with Crippen molar-refractivity contribution in [3.63, 3.8) is 0 Å². The van der Waals surface area contributed by atoms with E-state index in [0.717, 1.165) is 46.8 Å². The predicted octanol–water partition coefficient (Wildman–Crippen LogP) is 15.2. The van der Waals surface area contributed by atoms with Crippen molar-refractivity contribution in [1.29, 1.82) is 0 Å². The maximum atomic E-state index is 5.55.